The van der Waals surface area contributed by atoms with Gasteiger partial charge >= 0.3 is 0 Å². The third-order valence-electron chi connectivity index (χ3n) is 5.82. The molecular weight excluding hydrogens is 423 g/mol. The van der Waals surface area contributed by atoms with Crippen LogP contribution in [0.25, 0.3) is 11.1 Å². The Hall–Kier alpha value is -3.87. The monoisotopic (exact) mass is 448 g/mol. The van der Waals surface area contributed by atoms with E-state index in [-0.39, 0.29) is 17.6 Å². The van der Waals surface area contributed by atoms with Gasteiger partial charge < -0.3 is 19.7 Å². The van der Waals surface area contributed by atoms with Gasteiger partial charge in [0.1, 0.15) is 23.4 Å². The molecule has 1 atom stereocenters. The van der Waals surface area contributed by atoms with Crippen LogP contribution in [-0.4, -0.2) is 50.1 Å². The Kier molecular flexibility index (Phi) is 6.58. The van der Waals surface area contributed by atoms with E-state index in [2.05, 4.69) is 5.32 Å². The Labute approximate surface area is 191 Å². The molecular formula is C26H25FN2O4. The quantitative estimate of drug-likeness (QED) is 0.625. The first kappa shape index (κ1) is 22.3. The highest BCUT2D eigenvalue weighted by Gasteiger charge is 2.35. The van der Waals surface area contributed by atoms with Crippen molar-refractivity contribution in [2.24, 2.45) is 0 Å². The zero-order valence-corrected chi connectivity index (χ0v) is 18.5. The molecule has 1 saturated heterocycles. The lowest BCUT2D eigenvalue weighted by molar-refractivity contribution is -0.127. The van der Waals surface area contributed by atoms with E-state index in [1.165, 1.54) is 19.2 Å². The highest BCUT2D eigenvalue weighted by Crippen LogP contribution is 2.29. The summed E-state index contributed by atoms with van der Waals surface area (Å²) in [7, 11) is 3.03. The van der Waals surface area contributed by atoms with Crippen molar-refractivity contribution >= 4 is 11.8 Å². The zero-order valence-electron chi connectivity index (χ0n) is 18.5. The summed E-state index contributed by atoms with van der Waals surface area (Å²) in [6.07, 6.45) is 0.323. The molecule has 1 N–H and O–H groups in total. The molecule has 0 unspecified atom stereocenters. The maximum Gasteiger partial charge on any atom is 0.258 e. The van der Waals surface area contributed by atoms with Gasteiger partial charge in [-0.3, -0.25) is 9.59 Å². The summed E-state index contributed by atoms with van der Waals surface area (Å²) < 4.78 is 24.1. The smallest absolute Gasteiger partial charge is 0.258 e. The first-order valence-corrected chi connectivity index (χ1v) is 10.7. The van der Waals surface area contributed by atoms with Gasteiger partial charge in [0, 0.05) is 25.6 Å². The van der Waals surface area contributed by atoms with Gasteiger partial charge in [-0.1, -0.05) is 36.4 Å². The lowest BCUT2D eigenvalue weighted by Gasteiger charge is -2.35. The van der Waals surface area contributed by atoms with Crippen molar-refractivity contribution in [3.63, 3.8) is 0 Å². The van der Waals surface area contributed by atoms with Crippen LogP contribution in [0.15, 0.2) is 66.7 Å². The molecule has 6 nitrogen and oxygen atoms in total. The molecule has 0 aliphatic carbocycles. The molecule has 1 fully saturated rings. The largest absolute Gasteiger partial charge is 0.497 e. The van der Waals surface area contributed by atoms with Crippen LogP contribution in [0.5, 0.6) is 11.5 Å². The minimum atomic E-state index is -0.695. The van der Waals surface area contributed by atoms with Crippen molar-refractivity contribution in [2.45, 2.75) is 12.5 Å². The number of carbonyl (C=O) groups is 2. The molecule has 0 radical (unpaired) electrons. The first-order valence-electron chi connectivity index (χ1n) is 10.7. The van der Waals surface area contributed by atoms with E-state index in [4.69, 9.17) is 9.47 Å². The average Bonchev–Trinajstić information content (AvgIpc) is 2.85. The second-order valence-electron chi connectivity index (χ2n) is 7.74. The minimum Gasteiger partial charge on any atom is -0.497 e. The predicted molar refractivity (Wildman–Crippen MR) is 123 cm³/mol. The van der Waals surface area contributed by atoms with Crippen molar-refractivity contribution in [2.75, 3.05) is 27.3 Å². The summed E-state index contributed by atoms with van der Waals surface area (Å²) in [5.41, 5.74) is 3.00. The highest BCUT2D eigenvalue weighted by atomic mass is 19.1. The lowest BCUT2D eigenvalue weighted by Crippen LogP contribution is -2.58. The molecule has 0 bridgehead atoms. The second-order valence-corrected chi connectivity index (χ2v) is 7.74. The molecule has 0 saturated carbocycles. The number of hydrogen-bond donors (Lipinski definition) is 1. The fraction of sp³-hybridized carbons (Fsp3) is 0.231. The fourth-order valence-corrected chi connectivity index (χ4v) is 4.11. The molecule has 4 rings (SSSR count). The molecule has 0 aromatic heterocycles. The molecule has 7 heteroatoms. The molecule has 33 heavy (non-hydrogen) atoms. The summed E-state index contributed by atoms with van der Waals surface area (Å²) >= 11 is 0. The Morgan fingerprint density at radius 1 is 1.06 bits per heavy atom. The van der Waals surface area contributed by atoms with Crippen LogP contribution < -0.4 is 14.8 Å². The number of ether oxygens (including phenoxy) is 2. The fourth-order valence-electron chi connectivity index (χ4n) is 4.11. The van der Waals surface area contributed by atoms with Gasteiger partial charge in [0.25, 0.3) is 5.91 Å². The predicted octanol–water partition coefficient (Wildman–Crippen LogP) is 3.69. The number of nitrogens with one attached hydrogen (secondary N) is 1. The van der Waals surface area contributed by atoms with E-state index in [1.807, 2.05) is 24.3 Å². The number of nitrogens with zero attached hydrogens (tertiary/aromatic N) is 1. The molecule has 2 amide bonds. The molecule has 170 valence electrons. The topological polar surface area (TPSA) is 67.9 Å². The van der Waals surface area contributed by atoms with Crippen LogP contribution in [0.2, 0.25) is 0 Å². The Bertz CT molecular complexity index is 1160. The number of methoxy groups -OCH3 is 2. The molecule has 1 aliphatic rings. The van der Waals surface area contributed by atoms with E-state index < -0.39 is 6.04 Å². The third-order valence-corrected chi connectivity index (χ3v) is 5.82. The van der Waals surface area contributed by atoms with E-state index in [0.717, 1.165) is 16.7 Å². The van der Waals surface area contributed by atoms with Crippen molar-refractivity contribution in [3.8, 4) is 22.6 Å². The van der Waals surface area contributed by atoms with Crippen LogP contribution in [0.1, 0.15) is 15.9 Å². The molecule has 3 aromatic carbocycles. The summed E-state index contributed by atoms with van der Waals surface area (Å²) in [4.78, 5) is 28.0. The van der Waals surface area contributed by atoms with Gasteiger partial charge in [-0.25, -0.2) is 4.39 Å². The summed E-state index contributed by atoms with van der Waals surface area (Å²) in [5, 5.41) is 2.87. The molecule has 1 aliphatic heterocycles. The Morgan fingerprint density at radius 3 is 2.55 bits per heavy atom. The molecule has 1 heterocycles. The number of rotatable bonds is 6. The van der Waals surface area contributed by atoms with Gasteiger partial charge in [-0.05, 0) is 41.0 Å². The van der Waals surface area contributed by atoms with E-state index in [1.54, 1.807) is 42.3 Å². The van der Waals surface area contributed by atoms with Crippen molar-refractivity contribution < 1.29 is 23.5 Å². The Balaban J connectivity index is 1.67. The summed E-state index contributed by atoms with van der Waals surface area (Å²) in [6, 6.07) is 18.2. The lowest BCUT2D eigenvalue weighted by atomic mass is 9.93. The SMILES string of the molecule is COc1ccc(C(=O)N2CCNC(=O)[C@@H]2Cc2ccccc2-c2ccc(F)cc2)c(OC)c1. The number of amides is 2. The van der Waals surface area contributed by atoms with Gasteiger partial charge in [0.05, 0.1) is 19.8 Å². The number of benzene rings is 3. The highest BCUT2D eigenvalue weighted by molar-refractivity contribution is 6.00. The minimum absolute atomic E-state index is 0.212. The van der Waals surface area contributed by atoms with Crippen LogP contribution in [0, 0.1) is 5.82 Å². The van der Waals surface area contributed by atoms with Gasteiger partial charge in [0.15, 0.2) is 0 Å². The molecule has 0 spiro atoms. The maximum atomic E-state index is 13.5. The summed E-state index contributed by atoms with van der Waals surface area (Å²) in [5.74, 6) is 0.151. The van der Waals surface area contributed by atoms with Crippen LogP contribution in [-0.2, 0) is 11.2 Å². The van der Waals surface area contributed by atoms with Crippen LogP contribution >= 0.6 is 0 Å². The van der Waals surface area contributed by atoms with Crippen molar-refractivity contribution in [1.29, 1.82) is 0 Å². The zero-order chi connectivity index (χ0) is 23.4. The number of halogens is 1. The normalized spacial score (nSPS) is 15.7. The van der Waals surface area contributed by atoms with Crippen molar-refractivity contribution in [3.05, 3.63) is 83.7 Å². The van der Waals surface area contributed by atoms with E-state index in [0.29, 0.717) is 36.6 Å². The van der Waals surface area contributed by atoms with Crippen LogP contribution in [0.4, 0.5) is 4.39 Å². The number of carbonyl (C=O) groups excluding carboxylic acids is 2. The average molecular weight is 448 g/mol. The van der Waals surface area contributed by atoms with Gasteiger partial charge in [0.2, 0.25) is 5.91 Å². The number of hydrogen-bond acceptors (Lipinski definition) is 4. The van der Waals surface area contributed by atoms with Crippen LogP contribution in [0.3, 0.4) is 0 Å². The number of piperazine rings is 1. The Morgan fingerprint density at radius 2 is 1.82 bits per heavy atom. The van der Waals surface area contributed by atoms with E-state index >= 15 is 0 Å². The maximum absolute atomic E-state index is 13.5. The van der Waals surface area contributed by atoms with E-state index in [9.17, 15) is 14.0 Å². The first-order chi connectivity index (χ1) is 16.0. The second kappa shape index (κ2) is 9.73. The summed E-state index contributed by atoms with van der Waals surface area (Å²) in [6.45, 7) is 0.752. The van der Waals surface area contributed by atoms with Gasteiger partial charge in [-0.15, -0.1) is 0 Å². The third kappa shape index (κ3) is 4.67. The van der Waals surface area contributed by atoms with Gasteiger partial charge in [-0.2, -0.15) is 0 Å². The molecule has 3 aromatic rings. The standard InChI is InChI=1S/C26H25FN2O4/c1-32-20-11-12-22(24(16-20)33-2)26(31)29-14-13-28-25(30)23(29)15-18-5-3-4-6-21(18)17-7-9-19(27)10-8-17/h3-12,16,23H,13-15H2,1-2H3,(H,28,30)/t23-/m0/s1. The van der Waals surface area contributed by atoms with Crippen molar-refractivity contribution in [1.82, 2.24) is 10.2 Å².